The zero-order valence-electron chi connectivity index (χ0n) is 18.8. The van der Waals surface area contributed by atoms with E-state index >= 15 is 0 Å². The molecule has 1 amide bonds. The van der Waals surface area contributed by atoms with Crippen LogP contribution in [0.5, 0.6) is 5.75 Å². The number of pyridine rings is 1. The van der Waals surface area contributed by atoms with E-state index in [1.54, 1.807) is 0 Å². The molecule has 0 spiro atoms. The number of hydrogen-bond acceptors (Lipinski definition) is 7. The lowest BCUT2D eigenvalue weighted by Gasteiger charge is -2.25. The maximum Gasteiger partial charge on any atom is 0.437 e. The van der Waals surface area contributed by atoms with E-state index in [2.05, 4.69) is 10.3 Å². The Hall–Kier alpha value is -2.69. The summed E-state index contributed by atoms with van der Waals surface area (Å²) in [6.07, 6.45) is 2.24. The molecule has 11 heteroatoms. The van der Waals surface area contributed by atoms with Gasteiger partial charge in [-0.25, -0.2) is 15.6 Å². The SMILES string of the molecule is CN(N)/C(CNC(=O)OC1CCCC1)=C(\N)c1ccc(OC2CCCCC2)c(C(F)(F)F)n1. The summed E-state index contributed by atoms with van der Waals surface area (Å²) in [4.78, 5) is 15.8. The van der Waals surface area contributed by atoms with Gasteiger partial charge < -0.3 is 25.5 Å². The molecule has 33 heavy (non-hydrogen) atoms. The van der Waals surface area contributed by atoms with E-state index in [-0.39, 0.29) is 41.6 Å². The second kappa shape index (κ2) is 11.0. The normalized spacial score (nSPS) is 18.6. The number of nitrogens with two attached hydrogens (primary N) is 2. The number of carbonyl (C=O) groups excluding carboxylic acids is 1. The minimum Gasteiger partial charge on any atom is -0.488 e. The highest BCUT2D eigenvalue weighted by atomic mass is 19.4. The molecule has 8 nitrogen and oxygen atoms in total. The predicted octanol–water partition coefficient (Wildman–Crippen LogP) is 3.91. The number of nitrogens with zero attached hydrogens (tertiary/aromatic N) is 2. The van der Waals surface area contributed by atoms with Crippen LogP contribution < -0.4 is 21.6 Å². The number of aromatic nitrogens is 1. The van der Waals surface area contributed by atoms with Gasteiger partial charge in [0.15, 0.2) is 11.4 Å². The predicted molar refractivity (Wildman–Crippen MR) is 117 cm³/mol. The molecule has 0 radical (unpaired) electrons. The summed E-state index contributed by atoms with van der Waals surface area (Å²) in [7, 11) is 1.47. The maximum atomic E-state index is 13.7. The van der Waals surface area contributed by atoms with Crippen LogP contribution in [0.2, 0.25) is 0 Å². The van der Waals surface area contributed by atoms with Gasteiger partial charge >= 0.3 is 12.3 Å². The molecule has 5 N–H and O–H groups in total. The quantitative estimate of drug-likeness (QED) is 0.408. The van der Waals surface area contributed by atoms with Gasteiger partial charge in [0, 0.05) is 7.05 Å². The molecular weight excluding hydrogens is 439 g/mol. The molecule has 1 aromatic rings. The van der Waals surface area contributed by atoms with Gasteiger partial charge in [-0.3, -0.25) is 0 Å². The molecule has 0 unspecified atom stereocenters. The third-order valence-electron chi connectivity index (χ3n) is 5.96. The second-order valence-corrected chi connectivity index (χ2v) is 8.56. The number of alkyl carbamates (subject to hydrolysis) is 1. The Bertz CT molecular complexity index is 848. The van der Waals surface area contributed by atoms with Crippen LogP contribution in [0, 0.1) is 0 Å². The van der Waals surface area contributed by atoms with Crippen LogP contribution in [0.1, 0.15) is 69.2 Å². The Morgan fingerprint density at radius 2 is 1.73 bits per heavy atom. The van der Waals surface area contributed by atoms with Gasteiger partial charge in [0.2, 0.25) is 0 Å². The minimum atomic E-state index is -4.72. The molecule has 1 heterocycles. The third kappa shape index (κ3) is 6.89. The van der Waals surface area contributed by atoms with Crippen molar-refractivity contribution in [3.8, 4) is 5.75 Å². The molecule has 2 saturated carbocycles. The summed E-state index contributed by atoms with van der Waals surface area (Å²) in [5, 5.41) is 3.69. The lowest BCUT2D eigenvalue weighted by Crippen LogP contribution is -2.37. The Balaban J connectivity index is 1.79. The van der Waals surface area contributed by atoms with Crippen LogP contribution in [-0.2, 0) is 10.9 Å². The molecule has 0 saturated heterocycles. The fourth-order valence-electron chi connectivity index (χ4n) is 4.17. The molecular formula is C22H32F3N5O3. The Morgan fingerprint density at radius 1 is 1.12 bits per heavy atom. The highest BCUT2D eigenvalue weighted by molar-refractivity contribution is 5.69. The highest BCUT2D eigenvalue weighted by Gasteiger charge is 2.38. The number of nitrogens with one attached hydrogen (secondary N) is 1. The lowest BCUT2D eigenvalue weighted by molar-refractivity contribution is -0.143. The minimum absolute atomic E-state index is 0.0871. The van der Waals surface area contributed by atoms with Gasteiger partial charge in [-0.15, -0.1) is 0 Å². The molecule has 184 valence electrons. The molecule has 2 aliphatic rings. The highest BCUT2D eigenvalue weighted by Crippen LogP contribution is 2.37. The van der Waals surface area contributed by atoms with Crippen molar-refractivity contribution in [1.82, 2.24) is 15.3 Å². The standard InChI is InChI=1S/C22H32F3N5O3/c1-30(27)17(13-28-21(31)33-15-9-5-6-10-15)19(26)16-11-12-18(20(29-16)22(23,24)25)32-14-7-3-2-4-8-14/h11-12,14-15H,2-10,13,26-27H2,1H3,(H,28,31)/b19-17-. The van der Waals surface area contributed by atoms with E-state index < -0.39 is 18.0 Å². The summed E-state index contributed by atoms with van der Waals surface area (Å²) in [5.74, 6) is 5.52. The molecule has 1 aromatic heterocycles. The van der Waals surface area contributed by atoms with Crippen LogP contribution in [0.3, 0.4) is 0 Å². The maximum absolute atomic E-state index is 13.7. The number of hydrogen-bond donors (Lipinski definition) is 3. The topological polar surface area (TPSA) is 116 Å². The van der Waals surface area contributed by atoms with E-state index in [0.717, 1.165) is 50.0 Å². The molecule has 2 aliphatic carbocycles. The summed E-state index contributed by atoms with van der Waals surface area (Å²) in [6.45, 7) is -0.131. The van der Waals surface area contributed by atoms with Crippen molar-refractivity contribution in [2.75, 3.05) is 13.6 Å². The lowest BCUT2D eigenvalue weighted by atomic mass is 9.98. The Labute approximate surface area is 191 Å². The summed E-state index contributed by atoms with van der Waals surface area (Å²) in [6, 6.07) is 2.60. The summed E-state index contributed by atoms with van der Waals surface area (Å²) in [5.41, 5.74) is 4.99. The van der Waals surface area contributed by atoms with Gasteiger partial charge in [-0.1, -0.05) is 6.42 Å². The molecule has 3 rings (SSSR count). The van der Waals surface area contributed by atoms with Crippen molar-refractivity contribution in [2.24, 2.45) is 11.6 Å². The van der Waals surface area contributed by atoms with Gasteiger partial charge in [0.05, 0.1) is 29.7 Å². The van der Waals surface area contributed by atoms with Gasteiger partial charge in [0.25, 0.3) is 0 Å². The van der Waals surface area contributed by atoms with Crippen LogP contribution in [0.25, 0.3) is 5.70 Å². The summed E-state index contributed by atoms with van der Waals surface area (Å²) < 4.78 is 52.2. The van der Waals surface area contributed by atoms with Crippen LogP contribution in [0.4, 0.5) is 18.0 Å². The molecule has 0 bridgehead atoms. The molecule has 0 atom stereocenters. The number of amides is 1. The van der Waals surface area contributed by atoms with Crippen molar-refractivity contribution in [2.45, 2.75) is 76.2 Å². The number of rotatable bonds is 7. The number of alkyl halides is 3. The first-order chi connectivity index (χ1) is 15.6. The van der Waals surface area contributed by atoms with Crippen LogP contribution in [-0.4, -0.2) is 41.9 Å². The Kier molecular flexibility index (Phi) is 8.28. The smallest absolute Gasteiger partial charge is 0.437 e. The zero-order valence-corrected chi connectivity index (χ0v) is 18.8. The Morgan fingerprint density at radius 3 is 2.33 bits per heavy atom. The first kappa shape index (κ1) is 24.9. The first-order valence-corrected chi connectivity index (χ1v) is 11.3. The van der Waals surface area contributed by atoms with Crippen molar-refractivity contribution < 1.29 is 27.4 Å². The molecule has 0 aliphatic heterocycles. The monoisotopic (exact) mass is 471 g/mol. The van der Waals surface area contributed by atoms with E-state index in [0.29, 0.717) is 12.8 Å². The van der Waals surface area contributed by atoms with Crippen LogP contribution >= 0.6 is 0 Å². The average molecular weight is 472 g/mol. The van der Waals surface area contributed by atoms with Gasteiger partial charge in [-0.2, -0.15) is 13.2 Å². The third-order valence-corrected chi connectivity index (χ3v) is 5.96. The zero-order chi connectivity index (χ0) is 24.0. The number of carbonyl (C=O) groups is 1. The fourth-order valence-corrected chi connectivity index (χ4v) is 4.17. The second-order valence-electron chi connectivity index (χ2n) is 8.56. The number of likely N-dealkylation sites (N-methyl/N-ethyl adjacent to an activating group) is 1. The van der Waals surface area contributed by atoms with Crippen molar-refractivity contribution in [1.29, 1.82) is 0 Å². The summed E-state index contributed by atoms with van der Waals surface area (Å²) >= 11 is 0. The number of ether oxygens (including phenoxy) is 2. The van der Waals surface area contributed by atoms with Crippen LogP contribution in [0.15, 0.2) is 17.8 Å². The van der Waals surface area contributed by atoms with E-state index in [1.165, 1.54) is 19.2 Å². The molecule has 0 aromatic carbocycles. The van der Waals surface area contributed by atoms with Gasteiger partial charge in [0.1, 0.15) is 6.10 Å². The first-order valence-electron chi connectivity index (χ1n) is 11.3. The van der Waals surface area contributed by atoms with E-state index in [1.807, 2.05) is 0 Å². The molecule has 2 fully saturated rings. The van der Waals surface area contributed by atoms with Gasteiger partial charge in [-0.05, 0) is 63.5 Å². The fraction of sp³-hybridized carbons (Fsp3) is 0.636. The largest absolute Gasteiger partial charge is 0.488 e. The van der Waals surface area contributed by atoms with E-state index in [4.69, 9.17) is 21.1 Å². The van der Waals surface area contributed by atoms with Crippen molar-refractivity contribution >= 4 is 11.8 Å². The van der Waals surface area contributed by atoms with Crippen molar-refractivity contribution in [3.63, 3.8) is 0 Å². The van der Waals surface area contributed by atoms with Crippen molar-refractivity contribution in [3.05, 3.63) is 29.2 Å². The van der Waals surface area contributed by atoms with E-state index in [9.17, 15) is 18.0 Å². The number of halogens is 3. The average Bonchev–Trinajstić information content (AvgIpc) is 3.26. The number of hydrazine groups is 1.